The smallest absolute Gasteiger partial charge is 0.262 e. The van der Waals surface area contributed by atoms with Gasteiger partial charge in [-0.05, 0) is 47.2 Å². The van der Waals surface area contributed by atoms with Crippen molar-refractivity contribution in [2.75, 3.05) is 23.1 Å². The first-order valence-electron chi connectivity index (χ1n) is 7.96. The maximum absolute atomic E-state index is 11.9. The lowest BCUT2D eigenvalue weighted by Crippen LogP contribution is -2.20. The average Bonchev–Trinajstić information content (AvgIpc) is 3.06. The third-order valence-corrected chi connectivity index (χ3v) is 3.56. The number of ether oxygens (including phenoxy) is 1. The number of nitrogen functional groups attached to an aromatic ring is 1. The zero-order valence-electron chi connectivity index (χ0n) is 14.2. The van der Waals surface area contributed by atoms with E-state index >= 15 is 0 Å². The summed E-state index contributed by atoms with van der Waals surface area (Å²) in [5, 5.41) is 13.5. The molecule has 0 fully saturated rings. The molecule has 0 aliphatic carbocycles. The van der Waals surface area contributed by atoms with Gasteiger partial charge in [0.05, 0.1) is 6.54 Å². The monoisotopic (exact) mass is 353 g/mol. The van der Waals surface area contributed by atoms with E-state index in [4.69, 9.17) is 10.5 Å². The van der Waals surface area contributed by atoms with Crippen LogP contribution in [0.4, 0.5) is 11.6 Å². The molecule has 134 valence electrons. The molecule has 0 aliphatic rings. The summed E-state index contributed by atoms with van der Waals surface area (Å²) in [6, 6.07) is 14.9. The molecule has 3 rings (SSSR count). The summed E-state index contributed by atoms with van der Waals surface area (Å²) in [5.41, 5.74) is 11.4. The van der Waals surface area contributed by atoms with Crippen molar-refractivity contribution in [3.8, 4) is 5.75 Å². The molecule has 0 atom stereocenters. The van der Waals surface area contributed by atoms with Crippen LogP contribution in [-0.4, -0.2) is 32.8 Å². The van der Waals surface area contributed by atoms with Crippen molar-refractivity contribution >= 4 is 17.5 Å². The van der Waals surface area contributed by atoms with Crippen molar-refractivity contribution in [1.82, 2.24) is 20.3 Å². The maximum Gasteiger partial charge on any atom is 0.262 e. The summed E-state index contributed by atoms with van der Waals surface area (Å²) in [4.78, 5) is 13.2. The number of nitrogens with zero attached hydrogens (tertiary/aromatic N) is 4. The number of aryl methyl sites for hydroxylation is 1. The van der Waals surface area contributed by atoms with E-state index in [2.05, 4.69) is 26.3 Å². The Morgan fingerprint density at radius 3 is 2.54 bits per heavy atom. The molecule has 1 aromatic heterocycles. The predicted octanol–water partition coefficient (Wildman–Crippen LogP) is 1.32. The number of amides is 1. The molecule has 9 heteroatoms. The Labute approximate surface area is 150 Å². The quantitative estimate of drug-likeness (QED) is 0.586. The molecule has 0 spiro atoms. The molecular formula is C17H19N7O2. The van der Waals surface area contributed by atoms with E-state index in [1.807, 2.05) is 43.3 Å². The first-order chi connectivity index (χ1) is 12.6. The third-order valence-electron chi connectivity index (χ3n) is 3.56. The number of nitrogens with one attached hydrogen (secondary N) is 2. The number of nitrogens with two attached hydrogens (primary N) is 1. The van der Waals surface area contributed by atoms with E-state index in [1.54, 1.807) is 12.1 Å². The second-order valence-electron chi connectivity index (χ2n) is 5.63. The number of carbonyl (C=O) groups excluding carboxylic acids is 1. The van der Waals surface area contributed by atoms with Crippen LogP contribution in [0.1, 0.15) is 11.1 Å². The van der Waals surface area contributed by atoms with Gasteiger partial charge in [-0.25, -0.2) is 0 Å². The number of rotatable bonds is 7. The van der Waals surface area contributed by atoms with Crippen LogP contribution < -0.4 is 21.2 Å². The van der Waals surface area contributed by atoms with Crippen LogP contribution in [0.25, 0.3) is 0 Å². The van der Waals surface area contributed by atoms with Crippen LogP contribution in [0.2, 0.25) is 0 Å². The fourth-order valence-corrected chi connectivity index (χ4v) is 2.16. The fraction of sp³-hybridized carbons (Fsp3) is 0.176. The minimum atomic E-state index is -0.214. The lowest BCUT2D eigenvalue weighted by molar-refractivity contribution is -0.118. The minimum absolute atomic E-state index is 0.0629. The van der Waals surface area contributed by atoms with Gasteiger partial charge in [0.25, 0.3) is 11.9 Å². The number of hydrogen-bond acceptors (Lipinski definition) is 7. The Bertz CT molecular complexity index is 860. The van der Waals surface area contributed by atoms with Gasteiger partial charge in [0.2, 0.25) is 0 Å². The summed E-state index contributed by atoms with van der Waals surface area (Å²) in [5.74, 6) is 0.577. The first kappa shape index (κ1) is 17.2. The molecule has 0 bridgehead atoms. The summed E-state index contributed by atoms with van der Waals surface area (Å²) in [6.07, 6.45) is 0. The highest BCUT2D eigenvalue weighted by Gasteiger charge is 2.04. The molecule has 26 heavy (non-hydrogen) atoms. The normalized spacial score (nSPS) is 10.3. The molecule has 0 unspecified atom stereocenters. The number of anilines is 2. The first-order valence-corrected chi connectivity index (χ1v) is 7.96. The van der Waals surface area contributed by atoms with Crippen molar-refractivity contribution in [2.45, 2.75) is 13.5 Å². The highest BCUT2D eigenvalue weighted by atomic mass is 16.5. The summed E-state index contributed by atoms with van der Waals surface area (Å²) >= 11 is 0. The van der Waals surface area contributed by atoms with Crippen LogP contribution in [0.5, 0.6) is 5.75 Å². The zero-order chi connectivity index (χ0) is 18.4. The molecular weight excluding hydrogens is 334 g/mol. The molecule has 1 amide bonds. The van der Waals surface area contributed by atoms with Gasteiger partial charge in [-0.1, -0.05) is 34.9 Å². The van der Waals surface area contributed by atoms with Gasteiger partial charge < -0.3 is 21.2 Å². The van der Waals surface area contributed by atoms with Crippen molar-refractivity contribution in [1.29, 1.82) is 0 Å². The predicted molar refractivity (Wildman–Crippen MR) is 97.0 cm³/mol. The fourth-order valence-electron chi connectivity index (χ4n) is 2.16. The van der Waals surface area contributed by atoms with Crippen molar-refractivity contribution in [3.63, 3.8) is 0 Å². The SMILES string of the molecule is Cc1ccc(NC(=O)COc2ccc(CNn3nnnc3N)cc2)cc1. The minimum Gasteiger partial charge on any atom is -0.484 e. The Morgan fingerprint density at radius 1 is 1.15 bits per heavy atom. The van der Waals surface area contributed by atoms with Crippen LogP contribution in [0.3, 0.4) is 0 Å². The second kappa shape index (κ2) is 7.97. The molecule has 0 radical (unpaired) electrons. The van der Waals surface area contributed by atoms with Gasteiger partial charge >= 0.3 is 0 Å². The van der Waals surface area contributed by atoms with Gasteiger partial charge in [0.15, 0.2) is 6.61 Å². The summed E-state index contributed by atoms with van der Waals surface area (Å²) in [6.45, 7) is 2.42. The second-order valence-corrected chi connectivity index (χ2v) is 5.63. The Balaban J connectivity index is 1.45. The van der Waals surface area contributed by atoms with E-state index in [-0.39, 0.29) is 18.5 Å². The van der Waals surface area contributed by atoms with E-state index < -0.39 is 0 Å². The largest absolute Gasteiger partial charge is 0.484 e. The molecule has 9 nitrogen and oxygen atoms in total. The Morgan fingerprint density at radius 2 is 1.88 bits per heavy atom. The van der Waals surface area contributed by atoms with Gasteiger partial charge in [-0.2, -0.15) is 0 Å². The van der Waals surface area contributed by atoms with Gasteiger partial charge in [-0.15, -0.1) is 4.79 Å². The molecule has 3 aromatic rings. The molecule has 1 heterocycles. The van der Waals surface area contributed by atoms with Crippen LogP contribution in [0, 0.1) is 6.92 Å². The summed E-state index contributed by atoms with van der Waals surface area (Å²) < 4.78 is 5.50. The maximum atomic E-state index is 11.9. The van der Waals surface area contributed by atoms with Crippen LogP contribution >= 0.6 is 0 Å². The van der Waals surface area contributed by atoms with E-state index in [0.29, 0.717) is 12.3 Å². The van der Waals surface area contributed by atoms with Crippen LogP contribution in [0.15, 0.2) is 48.5 Å². The highest BCUT2D eigenvalue weighted by molar-refractivity contribution is 5.91. The standard InChI is InChI=1S/C17H19N7O2/c1-12-2-6-14(7-3-12)20-16(25)11-26-15-8-4-13(5-9-15)10-19-24-17(18)21-22-23-24/h2-9,19H,10-11H2,1H3,(H,20,25)(H2,18,21,23). The van der Waals surface area contributed by atoms with Crippen molar-refractivity contribution < 1.29 is 9.53 Å². The highest BCUT2D eigenvalue weighted by Crippen LogP contribution is 2.13. The number of benzene rings is 2. The number of tetrazole rings is 1. The molecule has 2 aromatic carbocycles. The zero-order valence-corrected chi connectivity index (χ0v) is 14.2. The Kier molecular flexibility index (Phi) is 5.28. The van der Waals surface area contributed by atoms with E-state index in [1.165, 1.54) is 4.79 Å². The van der Waals surface area contributed by atoms with E-state index in [0.717, 1.165) is 16.8 Å². The van der Waals surface area contributed by atoms with Crippen molar-refractivity contribution in [2.24, 2.45) is 0 Å². The van der Waals surface area contributed by atoms with E-state index in [9.17, 15) is 4.79 Å². The molecule has 4 N–H and O–H groups in total. The topological polar surface area (TPSA) is 120 Å². The van der Waals surface area contributed by atoms with Crippen LogP contribution in [-0.2, 0) is 11.3 Å². The van der Waals surface area contributed by atoms with Gasteiger partial charge in [-0.3, -0.25) is 4.79 Å². The number of hydrogen-bond donors (Lipinski definition) is 3. The summed E-state index contributed by atoms with van der Waals surface area (Å²) in [7, 11) is 0. The average molecular weight is 353 g/mol. The number of aromatic nitrogens is 4. The lowest BCUT2D eigenvalue weighted by atomic mass is 10.2. The molecule has 0 saturated heterocycles. The van der Waals surface area contributed by atoms with Crippen molar-refractivity contribution in [3.05, 3.63) is 59.7 Å². The van der Waals surface area contributed by atoms with Gasteiger partial charge in [0.1, 0.15) is 5.75 Å². The molecule has 0 aliphatic heterocycles. The molecule has 0 saturated carbocycles. The number of carbonyl (C=O) groups is 1. The lowest BCUT2D eigenvalue weighted by Gasteiger charge is -2.09. The van der Waals surface area contributed by atoms with Gasteiger partial charge in [0, 0.05) is 5.69 Å². The third kappa shape index (κ3) is 4.69. The Hall–Kier alpha value is -3.62.